The van der Waals surface area contributed by atoms with Gasteiger partial charge in [0.1, 0.15) is 12.0 Å². The van der Waals surface area contributed by atoms with Crippen LogP contribution in [0.4, 0.5) is 0 Å². The molecule has 10 heavy (non-hydrogen) atoms. The van der Waals surface area contributed by atoms with Crippen LogP contribution in [-0.2, 0) is 0 Å². The summed E-state index contributed by atoms with van der Waals surface area (Å²) < 4.78 is 0. The van der Waals surface area contributed by atoms with Gasteiger partial charge in [0.25, 0.3) is 0 Å². The van der Waals surface area contributed by atoms with Crippen molar-refractivity contribution >= 4 is 5.84 Å². The highest BCUT2D eigenvalue weighted by Gasteiger charge is 2.41. The second-order valence-electron chi connectivity index (χ2n) is 2.91. The molecule has 0 aliphatic carbocycles. The Morgan fingerprint density at radius 3 is 2.90 bits per heavy atom. The summed E-state index contributed by atoms with van der Waals surface area (Å²) in [5.74, 6) is 0.698. The van der Waals surface area contributed by atoms with Gasteiger partial charge in [0.2, 0.25) is 0 Å². The van der Waals surface area contributed by atoms with Crippen molar-refractivity contribution in [2.45, 2.75) is 26.1 Å². The van der Waals surface area contributed by atoms with Crippen LogP contribution in [0.3, 0.4) is 0 Å². The van der Waals surface area contributed by atoms with Gasteiger partial charge in [-0.05, 0) is 25.0 Å². The Kier molecular flexibility index (Phi) is 0.951. The third kappa shape index (κ3) is 0.609. The standard InChI is InChI=1S/C7H11N3/c1-3-4(2)6(8)10-7-5(3)9-7/h5,7,9H,1-2H3,(H2,8,10). The molecule has 0 spiro atoms. The molecule has 0 aromatic rings. The van der Waals surface area contributed by atoms with Crippen molar-refractivity contribution in [3.05, 3.63) is 11.1 Å². The number of nitrogens with one attached hydrogen (secondary N) is 1. The topological polar surface area (TPSA) is 60.3 Å². The minimum absolute atomic E-state index is 0.295. The summed E-state index contributed by atoms with van der Waals surface area (Å²) in [6.45, 7) is 4.12. The fourth-order valence-corrected chi connectivity index (χ4v) is 1.28. The number of rotatable bonds is 0. The molecule has 2 atom stereocenters. The number of hydrogen-bond donors (Lipinski definition) is 2. The quantitative estimate of drug-likeness (QED) is 0.461. The van der Waals surface area contributed by atoms with E-state index in [2.05, 4.69) is 17.2 Å². The molecule has 0 aromatic carbocycles. The van der Waals surface area contributed by atoms with Gasteiger partial charge < -0.3 is 5.73 Å². The molecule has 3 N–H and O–H groups in total. The van der Waals surface area contributed by atoms with Gasteiger partial charge in [-0.2, -0.15) is 0 Å². The Balaban J connectivity index is 2.41. The molecular weight excluding hydrogens is 126 g/mol. The summed E-state index contributed by atoms with van der Waals surface area (Å²) >= 11 is 0. The van der Waals surface area contributed by atoms with E-state index >= 15 is 0 Å². The molecule has 0 aromatic heterocycles. The number of hydrogen-bond acceptors (Lipinski definition) is 3. The lowest BCUT2D eigenvalue weighted by atomic mass is 10.0. The number of fused-ring (bicyclic) bond motifs is 1. The Bertz CT molecular complexity index is 239. The fourth-order valence-electron chi connectivity index (χ4n) is 1.28. The van der Waals surface area contributed by atoms with Gasteiger partial charge in [0, 0.05) is 0 Å². The lowest BCUT2D eigenvalue weighted by Crippen LogP contribution is -2.20. The van der Waals surface area contributed by atoms with Crippen molar-refractivity contribution in [3.8, 4) is 0 Å². The van der Waals surface area contributed by atoms with Crippen molar-refractivity contribution in [1.29, 1.82) is 0 Å². The summed E-state index contributed by atoms with van der Waals surface area (Å²) in [5, 5.41) is 3.22. The van der Waals surface area contributed by atoms with Crippen LogP contribution < -0.4 is 11.1 Å². The maximum absolute atomic E-state index is 5.64. The van der Waals surface area contributed by atoms with Gasteiger partial charge in [-0.1, -0.05) is 0 Å². The van der Waals surface area contributed by atoms with Crippen LogP contribution in [0.1, 0.15) is 13.8 Å². The number of nitrogens with two attached hydrogens (primary N) is 1. The lowest BCUT2D eigenvalue weighted by Gasteiger charge is -2.09. The van der Waals surface area contributed by atoms with Gasteiger partial charge in [0.05, 0.1) is 6.04 Å². The zero-order chi connectivity index (χ0) is 7.30. The zero-order valence-corrected chi connectivity index (χ0v) is 6.18. The third-order valence-electron chi connectivity index (χ3n) is 2.28. The first-order valence-corrected chi connectivity index (χ1v) is 3.47. The van der Waals surface area contributed by atoms with Gasteiger partial charge in [-0.25, -0.2) is 4.99 Å². The van der Waals surface area contributed by atoms with Crippen LogP contribution in [0, 0.1) is 0 Å². The molecular formula is C7H11N3. The molecule has 2 heterocycles. The molecule has 2 rings (SSSR count). The molecule has 3 heteroatoms. The first-order chi connectivity index (χ1) is 4.70. The SMILES string of the molecule is CC1=C(C)C2NC2N=C1N. The molecule has 1 fully saturated rings. The van der Waals surface area contributed by atoms with E-state index < -0.39 is 0 Å². The summed E-state index contributed by atoms with van der Waals surface area (Å²) in [4.78, 5) is 4.21. The monoisotopic (exact) mass is 137 g/mol. The lowest BCUT2D eigenvalue weighted by molar-refractivity contribution is 0.964. The highest BCUT2D eigenvalue weighted by atomic mass is 15.3. The van der Waals surface area contributed by atoms with E-state index in [1.807, 2.05) is 6.92 Å². The molecule has 0 radical (unpaired) electrons. The molecule has 0 bridgehead atoms. The molecule has 54 valence electrons. The van der Waals surface area contributed by atoms with E-state index in [9.17, 15) is 0 Å². The zero-order valence-electron chi connectivity index (χ0n) is 6.18. The minimum atomic E-state index is 0.295. The van der Waals surface area contributed by atoms with E-state index in [1.54, 1.807) is 0 Å². The van der Waals surface area contributed by atoms with E-state index in [4.69, 9.17) is 5.73 Å². The average molecular weight is 137 g/mol. The number of nitrogens with zero attached hydrogens (tertiary/aromatic N) is 1. The van der Waals surface area contributed by atoms with E-state index in [1.165, 1.54) is 5.57 Å². The van der Waals surface area contributed by atoms with Crippen molar-refractivity contribution in [2.75, 3.05) is 0 Å². The van der Waals surface area contributed by atoms with Crippen LogP contribution in [0.25, 0.3) is 0 Å². The normalized spacial score (nSPS) is 37.2. The smallest absolute Gasteiger partial charge is 0.123 e. The molecule has 2 aliphatic heterocycles. The average Bonchev–Trinajstić information content (AvgIpc) is 2.62. The van der Waals surface area contributed by atoms with Crippen molar-refractivity contribution in [2.24, 2.45) is 10.7 Å². The maximum atomic E-state index is 5.64. The molecule has 0 saturated carbocycles. The van der Waals surface area contributed by atoms with Crippen LogP contribution in [0.2, 0.25) is 0 Å². The number of dihydropyridines is 1. The summed E-state index contributed by atoms with van der Waals surface area (Å²) in [6.07, 6.45) is 0.295. The van der Waals surface area contributed by atoms with Crippen molar-refractivity contribution in [1.82, 2.24) is 5.32 Å². The molecule has 3 nitrogen and oxygen atoms in total. The largest absolute Gasteiger partial charge is 0.384 e. The molecule has 2 aliphatic rings. The second-order valence-corrected chi connectivity index (χ2v) is 2.91. The highest BCUT2D eigenvalue weighted by Crippen LogP contribution is 2.27. The molecule has 2 unspecified atom stereocenters. The highest BCUT2D eigenvalue weighted by molar-refractivity contribution is 5.98. The van der Waals surface area contributed by atoms with E-state index in [-0.39, 0.29) is 0 Å². The van der Waals surface area contributed by atoms with Crippen molar-refractivity contribution < 1.29 is 0 Å². The summed E-state index contributed by atoms with van der Waals surface area (Å²) in [6, 6.07) is 0.493. The van der Waals surface area contributed by atoms with Crippen LogP contribution in [-0.4, -0.2) is 18.0 Å². The number of amidine groups is 1. The first-order valence-electron chi connectivity index (χ1n) is 3.47. The van der Waals surface area contributed by atoms with Gasteiger partial charge in [0.15, 0.2) is 0 Å². The predicted octanol–water partition coefficient (Wildman–Crippen LogP) is -0.00850. The second kappa shape index (κ2) is 1.61. The van der Waals surface area contributed by atoms with Crippen LogP contribution >= 0.6 is 0 Å². The van der Waals surface area contributed by atoms with Crippen LogP contribution in [0.15, 0.2) is 16.1 Å². The fraction of sp³-hybridized carbons (Fsp3) is 0.571. The third-order valence-corrected chi connectivity index (χ3v) is 2.28. The Morgan fingerprint density at radius 1 is 1.50 bits per heavy atom. The van der Waals surface area contributed by atoms with Crippen molar-refractivity contribution in [3.63, 3.8) is 0 Å². The van der Waals surface area contributed by atoms with Gasteiger partial charge >= 0.3 is 0 Å². The Labute approximate surface area is 60.0 Å². The predicted molar refractivity (Wildman–Crippen MR) is 40.7 cm³/mol. The van der Waals surface area contributed by atoms with Crippen LogP contribution in [0.5, 0.6) is 0 Å². The summed E-state index contributed by atoms with van der Waals surface area (Å²) in [7, 11) is 0. The Hall–Kier alpha value is -0.830. The van der Waals surface area contributed by atoms with Gasteiger partial charge in [-0.3, -0.25) is 5.32 Å². The minimum Gasteiger partial charge on any atom is -0.384 e. The maximum Gasteiger partial charge on any atom is 0.123 e. The van der Waals surface area contributed by atoms with E-state index in [0.717, 1.165) is 5.57 Å². The summed E-state index contributed by atoms with van der Waals surface area (Å²) in [5.41, 5.74) is 8.13. The molecule has 1 saturated heterocycles. The van der Waals surface area contributed by atoms with E-state index in [0.29, 0.717) is 18.0 Å². The molecule has 0 amide bonds. The Morgan fingerprint density at radius 2 is 2.20 bits per heavy atom. The number of aliphatic imine (C=N–C) groups is 1. The first kappa shape index (κ1) is 5.92. The van der Waals surface area contributed by atoms with Gasteiger partial charge in [-0.15, -0.1) is 0 Å².